The Hall–Kier alpha value is -3.21. The molecule has 0 saturated heterocycles. The number of fused-ring (bicyclic) bond motifs is 1. The number of hydrogen-bond donors (Lipinski definition) is 0. The molecule has 0 fully saturated rings. The van der Waals surface area contributed by atoms with Gasteiger partial charge in [-0.25, -0.2) is 9.97 Å². The summed E-state index contributed by atoms with van der Waals surface area (Å²) in [6, 6.07) is 22.7. The monoisotopic (exact) mass is 342 g/mol. The molecule has 0 bridgehead atoms. The number of benzene rings is 2. The molecule has 0 atom stereocenters. The number of pyridine rings is 2. The number of para-hydroxylation sites is 1. The molecule has 4 rings (SSSR count). The molecule has 2 aromatic carbocycles. The molecule has 0 N–H and O–H groups in total. The molecule has 3 nitrogen and oxygen atoms in total. The van der Waals surface area contributed by atoms with Crippen molar-refractivity contribution >= 4 is 28.7 Å². The highest BCUT2D eigenvalue weighted by molar-refractivity contribution is 6.80. The highest BCUT2D eigenvalue weighted by Crippen LogP contribution is 2.24. The van der Waals surface area contributed by atoms with Crippen molar-refractivity contribution in [2.75, 3.05) is 0 Å². The fourth-order valence-corrected chi connectivity index (χ4v) is 2.97. The third-order valence-electron chi connectivity index (χ3n) is 4.24. The first-order valence-electron chi connectivity index (χ1n) is 8.41. The van der Waals surface area contributed by atoms with Crippen LogP contribution in [0, 0.1) is 12.9 Å². The van der Waals surface area contributed by atoms with E-state index in [1.165, 1.54) is 6.20 Å². The predicted molar refractivity (Wildman–Crippen MR) is 103 cm³/mol. The predicted octanol–water partition coefficient (Wildman–Crippen LogP) is 3.26. The van der Waals surface area contributed by atoms with Gasteiger partial charge in [-0.05, 0) is 30.6 Å². The minimum atomic E-state index is -0.613. The number of aryl methyl sites for hydroxylation is 1. The van der Waals surface area contributed by atoms with Crippen LogP contribution in [0.25, 0.3) is 10.9 Å². The van der Waals surface area contributed by atoms with Crippen molar-refractivity contribution in [1.29, 1.82) is 0 Å². The number of rotatable bonds is 4. The van der Waals surface area contributed by atoms with Gasteiger partial charge in [0, 0.05) is 22.7 Å². The lowest BCUT2D eigenvalue weighted by molar-refractivity contribution is 0.572. The van der Waals surface area contributed by atoms with Gasteiger partial charge in [0.15, 0.2) is 0 Å². The van der Waals surface area contributed by atoms with E-state index in [1.54, 1.807) is 12.1 Å². The van der Waals surface area contributed by atoms with Crippen molar-refractivity contribution in [3.05, 3.63) is 90.6 Å². The van der Waals surface area contributed by atoms with Crippen LogP contribution >= 0.6 is 0 Å². The molecule has 0 radical (unpaired) electrons. The van der Waals surface area contributed by atoms with Gasteiger partial charge in [0.1, 0.15) is 11.3 Å². The Bertz CT molecular complexity index is 1060. The van der Waals surface area contributed by atoms with Crippen molar-refractivity contribution in [2.45, 2.75) is 6.92 Å². The second-order valence-electron chi connectivity index (χ2n) is 6.07. The molecule has 0 aliphatic carbocycles. The minimum absolute atomic E-state index is 0.392. The van der Waals surface area contributed by atoms with E-state index in [2.05, 4.69) is 9.97 Å². The zero-order valence-electron chi connectivity index (χ0n) is 14.3. The van der Waals surface area contributed by atoms with Gasteiger partial charge in [-0.3, -0.25) is 0 Å². The first kappa shape index (κ1) is 16.3. The van der Waals surface area contributed by atoms with Gasteiger partial charge in [0.05, 0.1) is 0 Å². The van der Waals surface area contributed by atoms with E-state index in [1.807, 2.05) is 67.6 Å². The summed E-state index contributed by atoms with van der Waals surface area (Å²) in [5.74, 6) is 0.0778. The van der Waals surface area contributed by atoms with Crippen LogP contribution in [0.3, 0.4) is 0 Å². The Morgan fingerprint density at radius 2 is 1.73 bits per heavy atom. The zero-order valence-corrected chi connectivity index (χ0v) is 14.3. The number of nitrogens with zero attached hydrogens (tertiary/aromatic N) is 2. The molecule has 0 aliphatic heterocycles. The third-order valence-corrected chi connectivity index (χ3v) is 4.24. The maximum absolute atomic E-state index is 14.4. The number of aromatic nitrogens is 2. The maximum atomic E-state index is 14.4. The van der Waals surface area contributed by atoms with Gasteiger partial charge >= 0.3 is 6.92 Å². The van der Waals surface area contributed by atoms with Crippen LogP contribution < -0.4 is 15.6 Å². The van der Waals surface area contributed by atoms with Gasteiger partial charge < -0.3 is 4.65 Å². The topological polar surface area (TPSA) is 35.0 Å². The van der Waals surface area contributed by atoms with Crippen molar-refractivity contribution in [1.82, 2.24) is 9.97 Å². The second-order valence-corrected chi connectivity index (χ2v) is 6.07. The van der Waals surface area contributed by atoms with E-state index >= 15 is 0 Å². The van der Waals surface area contributed by atoms with E-state index in [0.717, 1.165) is 22.1 Å². The molecule has 26 heavy (non-hydrogen) atoms. The molecule has 0 spiro atoms. The minimum Gasteiger partial charge on any atom is -0.550 e. The average molecular weight is 342 g/mol. The summed E-state index contributed by atoms with van der Waals surface area (Å²) in [7, 11) is 0. The Kier molecular flexibility index (Phi) is 4.36. The van der Waals surface area contributed by atoms with Crippen LogP contribution in [0.2, 0.25) is 0 Å². The zero-order chi connectivity index (χ0) is 17.9. The molecule has 2 heterocycles. The Labute approximate surface area is 151 Å². The van der Waals surface area contributed by atoms with Crippen LogP contribution in [-0.2, 0) is 0 Å². The summed E-state index contributed by atoms with van der Waals surface area (Å²) in [5.41, 5.74) is 2.91. The third kappa shape index (κ3) is 3.16. The first-order valence-corrected chi connectivity index (χ1v) is 8.41. The van der Waals surface area contributed by atoms with Crippen LogP contribution in [0.15, 0.2) is 79.0 Å². The Morgan fingerprint density at radius 3 is 2.54 bits per heavy atom. The molecular weight excluding hydrogens is 326 g/mol. The summed E-state index contributed by atoms with van der Waals surface area (Å²) >= 11 is 0. The molecule has 5 heteroatoms. The molecule has 126 valence electrons. The lowest BCUT2D eigenvalue weighted by Gasteiger charge is -2.18. The van der Waals surface area contributed by atoms with E-state index < -0.39 is 12.9 Å². The number of hydrogen-bond acceptors (Lipinski definition) is 3. The van der Waals surface area contributed by atoms with E-state index in [4.69, 9.17) is 4.65 Å². The fourth-order valence-electron chi connectivity index (χ4n) is 2.97. The van der Waals surface area contributed by atoms with E-state index in [0.29, 0.717) is 11.2 Å². The summed E-state index contributed by atoms with van der Waals surface area (Å²) in [6.07, 6.45) is 1.43. The highest BCUT2D eigenvalue weighted by atomic mass is 19.1. The fraction of sp³-hybridized carbons (Fsp3) is 0.0476. The summed E-state index contributed by atoms with van der Waals surface area (Å²) in [6.45, 7) is 1.32. The average Bonchev–Trinajstić information content (AvgIpc) is 2.68. The maximum Gasteiger partial charge on any atom is 0.431 e. The normalized spacial score (nSPS) is 10.7. The standard InChI is InChI=1S/C21H16BFN2O/c1-15-12-13-16-7-5-11-19(20(16)25-15)26-22(17-8-3-2-4-9-17)18-10-6-14-24-21(18)23/h2-14H,1H3. The van der Waals surface area contributed by atoms with Crippen LogP contribution in [-0.4, -0.2) is 16.9 Å². The SMILES string of the molecule is Cc1ccc2cccc(OB(c3ccccc3)c3cccnc3F)c2n1. The van der Waals surface area contributed by atoms with Crippen molar-refractivity contribution in [3.63, 3.8) is 0 Å². The van der Waals surface area contributed by atoms with Gasteiger partial charge in [-0.15, -0.1) is 0 Å². The first-order chi connectivity index (χ1) is 12.7. The van der Waals surface area contributed by atoms with Crippen molar-refractivity contribution < 1.29 is 9.04 Å². The molecule has 0 aliphatic rings. The molecule has 0 saturated carbocycles. The van der Waals surface area contributed by atoms with Crippen LogP contribution in [0.5, 0.6) is 5.75 Å². The van der Waals surface area contributed by atoms with Gasteiger partial charge in [0.25, 0.3) is 0 Å². The summed E-state index contributed by atoms with van der Waals surface area (Å²) in [5, 5.41) is 0.978. The van der Waals surface area contributed by atoms with Gasteiger partial charge in [-0.1, -0.05) is 54.6 Å². The lowest BCUT2D eigenvalue weighted by Crippen LogP contribution is -2.49. The molecule has 2 aromatic heterocycles. The lowest BCUT2D eigenvalue weighted by atomic mass is 9.55. The molecule has 0 amide bonds. The molecular formula is C21H16BFN2O. The van der Waals surface area contributed by atoms with E-state index in [-0.39, 0.29) is 0 Å². The Morgan fingerprint density at radius 1 is 0.885 bits per heavy atom. The quantitative estimate of drug-likeness (QED) is 0.422. The van der Waals surface area contributed by atoms with Crippen molar-refractivity contribution in [3.8, 4) is 5.75 Å². The summed E-state index contributed by atoms with van der Waals surface area (Å²) in [4.78, 5) is 8.39. The smallest absolute Gasteiger partial charge is 0.431 e. The van der Waals surface area contributed by atoms with E-state index in [9.17, 15) is 4.39 Å². The summed E-state index contributed by atoms with van der Waals surface area (Å²) < 4.78 is 20.7. The highest BCUT2D eigenvalue weighted by Gasteiger charge is 2.28. The van der Waals surface area contributed by atoms with Crippen LogP contribution in [0.4, 0.5) is 4.39 Å². The van der Waals surface area contributed by atoms with Gasteiger partial charge in [0.2, 0.25) is 5.95 Å². The number of halogens is 1. The largest absolute Gasteiger partial charge is 0.550 e. The Balaban J connectivity index is 1.84. The molecule has 0 unspecified atom stereocenters. The van der Waals surface area contributed by atoms with Crippen molar-refractivity contribution in [2.24, 2.45) is 0 Å². The van der Waals surface area contributed by atoms with Gasteiger partial charge in [-0.2, -0.15) is 4.39 Å². The second kappa shape index (κ2) is 6.96. The molecule has 4 aromatic rings. The van der Waals surface area contributed by atoms with Crippen LogP contribution in [0.1, 0.15) is 5.69 Å².